The molecule has 0 fully saturated rings. The molecule has 0 heterocycles. The highest BCUT2D eigenvalue weighted by atomic mass is 16.2. The summed E-state index contributed by atoms with van der Waals surface area (Å²) >= 11 is 0. The van der Waals surface area contributed by atoms with Crippen LogP contribution in [0.1, 0.15) is 58.9 Å². The number of nitrogens with one attached hydrogen (secondary N) is 2. The lowest BCUT2D eigenvalue weighted by Gasteiger charge is -2.26. The number of unbranched alkanes of at least 4 members (excludes halogenated alkanes) is 1. The third-order valence-electron chi connectivity index (χ3n) is 4.87. The summed E-state index contributed by atoms with van der Waals surface area (Å²) in [5.41, 5.74) is 6.67. The molecule has 152 valence electrons. The van der Waals surface area contributed by atoms with Crippen LogP contribution in [0.25, 0.3) is 0 Å². The Morgan fingerprint density at radius 2 is 1.70 bits per heavy atom. The fourth-order valence-corrected chi connectivity index (χ4v) is 2.99. The smallest absolute Gasteiger partial charge is 0.238 e. The number of hydrogen-bond donors (Lipinski definition) is 3. The summed E-state index contributed by atoms with van der Waals surface area (Å²) < 4.78 is 0. The van der Waals surface area contributed by atoms with E-state index >= 15 is 0 Å². The topological polar surface area (TPSA) is 84.2 Å². The fourth-order valence-electron chi connectivity index (χ4n) is 2.99. The van der Waals surface area contributed by atoms with Crippen LogP contribution in [0.3, 0.4) is 0 Å². The highest BCUT2D eigenvalue weighted by Crippen LogP contribution is 2.10. The minimum Gasteiger partial charge on any atom is -0.345 e. The Bertz CT molecular complexity index is 560. The van der Waals surface area contributed by atoms with E-state index in [1.807, 2.05) is 44.2 Å². The maximum Gasteiger partial charge on any atom is 0.238 e. The molecule has 3 atom stereocenters. The third-order valence-corrected chi connectivity index (χ3v) is 4.87. The van der Waals surface area contributed by atoms with Gasteiger partial charge in [-0.3, -0.25) is 9.59 Å². The van der Waals surface area contributed by atoms with E-state index in [1.54, 1.807) is 0 Å². The van der Waals surface area contributed by atoms with Gasteiger partial charge in [0.25, 0.3) is 0 Å². The van der Waals surface area contributed by atoms with E-state index in [9.17, 15) is 9.59 Å². The number of benzene rings is 1. The van der Waals surface area contributed by atoms with Gasteiger partial charge < -0.3 is 16.4 Å². The van der Waals surface area contributed by atoms with Crippen LogP contribution in [0.15, 0.2) is 30.3 Å². The molecule has 4 N–H and O–H groups in total. The lowest BCUT2D eigenvalue weighted by Crippen LogP contribution is -2.53. The predicted octanol–water partition coefficient (Wildman–Crippen LogP) is 2.82. The van der Waals surface area contributed by atoms with Crippen molar-refractivity contribution in [3.8, 4) is 0 Å². The number of rotatable bonds is 13. The monoisotopic (exact) mass is 375 g/mol. The van der Waals surface area contributed by atoms with E-state index in [1.165, 1.54) is 0 Å². The third kappa shape index (κ3) is 8.67. The largest absolute Gasteiger partial charge is 0.345 e. The second-order valence-electron chi connectivity index (χ2n) is 7.62. The second kappa shape index (κ2) is 12.6. The molecule has 0 spiro atoms. The Labute approximate surface area is 164 Å². The first-order valence-corrected chi connectivity index (χ1v) is 10.2. The summed E-state index contributed by atoms with van der Waals surface area (Å²) in [6.45, 7) is 8.52. The van der Waals surface area contributed by atoms with Gasteiger partial charge in [0.1, 0.15) is 0 Å². The zero-order valence-electron chi connectivity index (χ0n) is 17.3. The number of ketones is 1. The molecule has 1 aromatic rings. The standard InChI is InChI=1S/C22H37N3O2/c1-5-17(4)24-20(15-18-11-7-6-8-12-18)22(27)25-19(13-9-10-14-23)21(26)16(2)3/h6-8,11-12,16-17,19-20,24H,5,9-10,13-15,23H2,1-4H3,(H,25,27)/t17?,19-,20-/m0/s1. The van der Waals surface area contributed by atoms with E-state index in [0.717, 1.165) is 24.8 Å². The Kier molecular flexibility index (Phi) is 10.9. The van der Waals surface area contributed by atoms with Gasteiger partial charge in [0.05, 0.1) is 12.1 Å². The Hall–Kier alpha value is -1.72. The summed E-state index contributed by atoms with van der Waals surface area (Å²) in [6.07, 6.45) is 3.87. The van der Waals surface area contributed by atoms with Gasteiger partial charge in [-0.05, 0) is 51.1 Å². The molecule has 0 aliphatic carbocycles. The van der Waals surface area contributed by atoms with Gasteiger partial charge in [0.15, 0.2) is 5.78 Å². The summed E-state index contributed by atoms with van der Waals surface area (Å²) in [7, 11) is 0. The van der Waals surface area contributed by atoms with Crippen molar-refractivity contribution in [3.63, 3.8) is 0 Å². The lowest BCUT2D eigenvalue weighted by atomic mass is 9.96. The van der Waals surface area contributed by atoms with Crippen LogP contribution in [0.4, 0.5) is 0 Å². The molecule has 0 aliphatic heterocycles. The summed E-state index contributed by atoms with van der Waals surface area (Å²) in [6, 6.07) is 9.39. The van der Waals surface area contributed by atoms with Crippen LogP contribution in [0.2, 0.25) is 0 Å². The minimum atomic E-state index is -0.443. The maximum atomic E-state index is 13.0. The first kappa shape index (κ1) is 23.3. The first-order chi connectivity index (χ1) is 12.9. The Balaban J connectivity index is 2.87. The number of carbonyl (C=O) groups is 2. The molecular formula is C22H37N3O2. The van der Waals surface area contributed by atoms with E-state index < -0.39 is 6.04 Å². The second-order valence-corrected chi connectivity index (χ2v) is 7.62. The molecule has 5 nitrogen and oxygen atoms in total. The van der Waals surface area contributed by atoms with Crippen molar-refractivity contribution in [2.45, 2.75) is 77.9 Å². The van der Waals surface area contributed by atoms with Gasteiger partial charge in [-0.15, -0.1) is 0 Å². The summed E-state index contributed by atoms with van der Waals surface area (Å²) in [5.74, 6) is -0.128. The van der Waals surface area contributed by atoms with Gasteiger partial charge in [-0.1, -0.05) is 51.1 Å². The molecule has 0 bridgehead atoms. The molecule has 1 amide bonds. The van der Waals surface area contributed by atoms with Crippen LogP contribution in [-0.4, -0.2) is 36.4 Å². The van der Waals surface area contributed by atoms with Gasteiger partial charge in [0, 0.05) is 12.0 Å². The molecular weight excluding hydrogens is 338 g/mol. The van der Waals surface area contributed by atoms with Crippen molar-refractivity contribution in [2.75, 3.05) is 6.54 Å². The van der Waals surface area contributed by atoms with Crippen molar-refractivity contribution < 1.29 is 9.59 Å². The average Bonchev–Trinajstić information content (AvgIpc) is 2.66. The SMILES string of the molecule is CCC(C)N[C@@H](Cc1ccccc1)C(=O)N[C@@H](CCCCN)C(=O)C(C)C. The van der Waals surface area contributed by atoms with Crippen molar-refractivity contribution in [2.24, 2.45) is 11.7 Å². The Morgan fingerprint density at radius 3 is 2.26 bits per heavy atom. The van der Waals surface area contributed by atoms with Crippen LogP contribution < -0.4 is 16.4 Å². The van der Waals surface area contributed by atoms with E-state index in [4.69, 9.17) is 5.73 Å². The van der Waals surface area contributed by atoms with Gasteiger partial charge in [-0.2, -0.15) is 0 Å². The molecule has 0 radical (unpaired) electrons. The molecule has 0 saturated heterocycles. The number of hydrogen-bond acceptors (Lipinski definition) is 4. The molecule has 27 heavy (non-hydrogen) atoms. The van der Waals surface area contributed by atoms with Crippen LogP contribution in [-0.2, 0) is 16.0 Å². The molecule has 1 aromatic carbocycles. The van der Waals surface area contributed by atoms with Crippen LogP contribution in [0.5, 0.6) is 0 Å². The molecule has 0 aliphatic rings. The van der Waals surface area contributed by atoms with E-state index in [0.29, 0.717) is 19.4 Å². The van der Waals surface area contributed by atoms with Gasteiger partial charge in [-0.25, -0.2) is 0 Å². The first-order valence-electron chi connectivity index (χ1n) is 10.2. The molecule has 0 saturated carbocycles. The zero-order chi connectivity index (χ0) is 20.2. The molecule has 5 heteroatoms. The van der Waals surface area contributed by atoms with Crippen LogP contribution >= 0.6 is 0 Å². The van der Waals surface area contributed by atoms with Crippen molar-refractivity contribution in [3.05, 3.63) is 35.9 Å². The molecule has 1 unspecified atom stereocenters. The number of carbonyl (C=O) groups excluding carboxylic acids is 2. The van der Waals surface area contributed by atoms with Crippen molar-refractivity contribution in [1.29, 1.82) is 0 Å². The van der Waals surface area contributed by atoms with Gasteiger partial charge in [0.2, 0.25) is 5.91 Å². The summed E-state index contributed by atoms with van der Waals surface area (Å²) in [5, 5.41) is 6.43. The average molecular weight is 376 g/mol. The van der Waals surface area contributed by atoms with E-state index in [2.05, 4.69) is 24.5 Å². The minimum absolute atomic E-state index is 0.0855. The molecule has 0 aromatic heterocycles. The van der Waals surface area contributed by atoms with Crippen molar-refractivity contribution >= 4 is 11.7 Å². The zero-order valence-corrected chi connectivity index (χ0v) is 17.3. The Morgan fingerprint density at radius 1 is 1.04 bits per heavy atom. The maximum absolute atomic E-state index is 13.0. The fraction of sp³-hybridized carbons (Fsp3) is 0.636. The highest BCUT2D eigenvalue weighted by molar-refractivity contribution is 5.91. The quantitative estimate of drug-likeness (QED) is 0.463. The molecule has 1 rings (SSSR count). The predicted molar refractivity (Wildman–Crippen MR) is 112 cm³/mol. The summed E-state index contributed by atoms with van der Waals surface area (Å²) in [4.78, 5) is 25.6. The van der Waals surface area contributed by atoms with Crippen LogP contribution in [0, 0.1) is 5.92 Å². The number of Topliss-reactive ketones (excluding diaryl/α,β-unsaturated/α-hetero) is 1. The van der Waals surface area contributed by atoms with E-state index in [-0.39, 0.29) is 29.7 Å². The highest BCUT2D eigenvalue weighted by Gasteiger charge is 2.27. The normalized spacial score (nSPS) is 14.6. The number of amides is 1. The number of nitrogens with two attached hydrogens (primary N) is 1. The van der Waals surface area contributed by atoms with Crippen molar-refractivity contribution in [1.82, 2.24) is 10.6 Å². The van der Waals surface area contributed by atoms with Gasteiger partial charge >= 0.3 is 0 Å². The lowest BCUT2D eigenvalue weighted by molar-refractivity contribution is -0.130.